The summed E-state index contributed by atoms with van der Waals surface area (Å²) in [6, 6.07) is -0.881. The van der Waals surface area contributed by atoms with E-state index in [9.17, 15) is 19.0 Å². The maximum absolute atomic E-state index is 13.5. The maximum atomic E-state index is 13.5. The molecule has 0 radical (unpaired) electrons. The topological polar surface area (TPSA) is 111 Å². The number of rotatable bonds is 53. The minimum absolute atomic E-state index is 0.0260. The first kappa shape index (κ1) is 70.9. The second-order valence-electron chi connectivity index (χ2n) is 21.1. The van der Waals surface area contributed by atoms with Gasteiger partial charge in [0.15, 0.2) is 0 Å². The van der Waals surface area contributed by atoms with Crippen molar-refractivity contribution >= 4 is 19.7 Å². The van der Waals surface area contributed by atoms with Gasteiger partial charge in [0.05, 0.1) is 33.8 Å². The molecule has 3 unspecified atom stereocenters. The monoisotopic (exact) mass is 1050 g/mol. The molecule has 3 atom stereocenters. The number of unbranched alkanes of at least 4 members (excludes halogenated alkanes) is 23. The molecule has 0 rings (SSSR count). The van der Waals surface area contributed by atoms with E-state index in [4.69, 9.17) is 13.8 Å². The van der Waals surface area contributed by atoms with Crippen LogP contribution in [0.25, 0.3) is 0 Å². The van der Waals surface area contributed by atoms with Crippen molar-refractivity contribution in [3.8, 4) is 0 Å². The first-order valence-electron chi connectivity index (χ1n) is 30.1. The summed E-state index contributed by atoms with van der Waals surface area (Å²) < 4.78 is 30.6. The van der Waals surface area contributed by atoms with E-state index in [1.165, 1.54) is 109 Å². The van der Waals surface area contributed by atoms with Crippen molar-refractivity contribution in [2.24, 2.45) is 0 Å². The quantitative estimate of drug-likeness (QED) is 0.0205. The number of nitrogens with zero attached hydrogens (tertiary/aromatic N) is 1. The summed E-state index contributed by atoms with van der Waals surface area (Å²) in [4.78, 5) is 37.6. The summed E-state index contributed by atoms with van der Waals surface area (Å²) in [5, 5.41) is 3.03. The lowest BCUT2D eigenvalue weighted by molar-refractivity contribution is -0.870. The van der Waals surface area contributed by atoms with Gasteiger partial charge in [-0.1, -0.05) is 234 Å². The largest absolute Gasteiger partial charge is 0.472 e. The third-order valence-corrected chi connectivity index (χ3v) is 13.8. The molecule has 0 spiro atoms. The highest BCUT2D eigenvalue weighted by Crippen LogP contribution is 2.43. The molecule has 2 N–H and O–H groups in total. The van der Waals surface area contributed by atoms with Gasteiger partial charge in [0, 0.05) is 12.8 Å². The number of phosphoric ester groups is 1. The summed E-state index contributed by atoms with van der Waals surface area (Å²) in [7, 11) is 1.45. The highest BCUT2D eigenvalue weighted by Gasteiger charge is 2.30. The molecule has 1 amide bonds. The zero-order chi connectivity index (χ0) is 54.3. The fraction of sp³-hybridized carbons (Fsp3) is 0.719. The number of allylic oxidation sites excluding steroid dienone is 15. The number of carbonyl (C=O) groups is 2. The van der Waals surface area contributed by atoms with Gasteiger partial charge in [0.2, 0.25) is 5.91 Å². The Hall–Kier alpha value is -3.07. The van der Waals surface area contributed by atoms with Crippen LogP contribution in [-0.2, 0) is 27.9 Å². The Labute approximate surface area is 456 Å². The normalized spacial score (nSPS) is 14.4. The molecule has 0 aromatic carbocycles. The molecule has 426 valence electrons. The van der Waals surface area contributed by atoms with E-state index in [1.54, 1.807) is 0 Å². The van der Waals surface area contributed by atoms with Crippen LogP contribution in [0.5, 0.6) is 0 Å². The molecule has 9 nitrogen and oxygen atoms in total. The SMILES string of the molecule is CC/C=C\C/C=C\C/C=C\C/C=C\C/C=C\CCCCCCCCCC(=O)NC(COP(=O)(O)OCC[N+](C)(C)C)C(/C=C\CCCCCCCCCCCC)OC(=O)CC/C=C/C/C=C\CCCCCCCC. The van der Waals surface area contributed by atoms with E-state index in [-0.39, 0.29) is 25.5 Å². The number of hydrogen-bond acceptors (Lipinski definition) is 6. The van der Waals surface area contributed by atoms with E-state index in [1.807, 2.05) is 39.4 Å². The molecular formula is C64H114N2O7P+. The summed E-state index contributed by atoms with van der Waals surface area (Å²) in [5.41, 5.74) is 0. The first-order valence-corrected chi connectivity index (χ1v) is 31.6. The van der Waals surface area contributed by atoms with Crippen LogP contribution >= 0.6 is 7.82 Å². The van der Waals surface area contributed by atoms with Gasteiger partial charge in [-0.05, 0) is 96.0 Å². The number of nitrogens with one attached hydrogen (secondary N) is 1. The number of phosphoric acid groups is 1. The average molecular weight is 1050 g/mol. The van der Waals surface area contributed by atoms with Gasteiger partial charge in [0.25, 0.3) is 0 Å². The Bertz CT molecular complexity index is 1590. The van der Waals surface area contributed by atoms with E-state index in [0.717, 1.165) is 96.3 Å². The van der Waals surface area contributed by atoms with Crippen molar-refractivity contribution < 1.29 is 37.3 Å². The number of quaternary nitrogens is 1. The maximum Gasteiger partial charge on any atom is 0.472 e. The summed E-state index contributed by atoms with van der Waals surface area (Å²) in [6.45, 7) is 6.83. The zero-order valence-corrected chi connectivity index (χ0v) is 49.4. The fourth-order valence-corrected chi connectivity index (χ4v) is 8.87. The van der Waals surface area contributed by atoms with Crippen molar-refractivity contribution in [3.05, 3.63) is 97.2 Å². The van der Waals surface area contributed by atoms with Gasteiger partial charge >= 0.3 is 13.8 Å². The van der Waals surface area contributed by atoms with Crippen molar-refractivity contribution in [1.82, 2.24) is 5.32 Å². The Morgan fingerprint density at radius 2 is 0.878 bits per heavy atom. The molecule has 0 aliphatic carbocycles. The lowest BCUT2D eigenvalue weighted by atomic mass is 10.0. The van der Waals surface area contributed by atoms with E-state index in [0.29, 0.717) is 23.9 Å². The minimum Gasteiger partial charge on any atom is -0.456 e. The summed E-state index contributed by atoms with van der Waals surface area (Å²) >= 11 is 0. The predicted octanol–water partition coefficient (Wildman–Crippen LogP) is 18.4. The standard InChI is InChI=1S/C64H113N2O7P/c1-7-10-13-16-19-22-25-28-29-30-31-32-33-34-35-36-37-39-41-44-47-50-53-56-63(67)65-61(60-72-74(69,70)71-59-58-66(4,5)6)62(55-52-49-46-43-40-27-24-21-18-15-12-9-3)73-64(68)57-54-51-48-45-42-38-26-23-20-17-14-11-8-2/h10,13,19,22,28-29,31-32,34-35,38,42,48,51-52,55,61-62H,7-9,11-12,14-18,20-21,23-27,30,33,36-37,39-41,43-47,49-50,53-54,56-60H2,1-6H3,(H-,65,67,69,70)/p+1/b13-10-,22-19-,29-28-,32-31-,35-34-,42-38-,51-48+,55-52-. The number of amides is 1. The van der Waals surface area contributed by atoms with E-state index >= 15 is 0 Å². The van der Waals surface area contributed by atoms with Crippen molar-refractivity contribution in [3.63, 3.8) is 0 Å². The van der Waals surface area contributed by atoms with Gasteiger partial charge in [-0.2, -0.15) is 0 Å². The smallest absolute Gasteiger partial charge is 0.456 e. The molecule has 0 saturated heterocycles. The molecule has 0 fully saturated rings. The van der Waals surface area contributed by atoms with Crippen molar-refractivity contribution in [2.45, 2.75) is 258 Å². The summed E-state index contributed by atoms with van der Waals surface area (Å²) in [6.07, 6.45) is 71.3. The van der Waals surface area contributed by atoms with Crippen LogP contribution in [0.1, 0.15) is 245 Å². The number of ether oxygens (including phenoxy) is 1. The van der Waals surface area contributed by atoms with Gasteiger partial charge in [-0.25, -0.2) is 4.57 Å². The predicted molar refractivity (Wildman–Crippen MR) is 318 cm³/mol. The van der Waals surface area contributed by atoms with Crippen LogP contribution < -0.4 is 5.32 Å². The molecular weight excluding hydrogens is 940 g/mol. The van der Waals surface area contributed by atoms with E-state index < -0.39 is 25.9 Å². The molecule has 0 heterocycles. The van der Waals surface area contributed by atoms with Crippen molar-refractivity contribution in [1.29, 1.82) is 0 Å². The zero-order valence-electron chi connectivity index (χ0n) is 48.6. The summed E-state index contributed by atoms with van der Waals surface area (Å²) in [5.74, 6) is -0.601. The van der Waals surface area contributed by atoms with Gasteiger partial charge in [-0.15, -0.1) is 0 Å². The van der Waals surface area contributed by atoms with Crippen LogP contribution in [0.2, 0.25) is 0 Å². The van der Waals surface area contributed by atoms with Crippen LogP contribution in [0.3, 0.4) is 0 Å². The van der Waals surface area contributed by atoms with Crippen LogP contribution in [0, 0.1) is 0 Å². The lowest BCUT2D eigenvalue weighted by Gasteiger charge is -2.27. The highest BCUT2D eigenvalue weighted by atomic mass is 31.2. The first-order chi connectivity index (χ1) is 35.9. The van der Waals surface area contributed by atoms with Crippen molar-refractivity contribution in [2.75, 3.05) is 40.9 Å². The third-order valence-electron chi connectivity index (χ3n) is 12.8. The van der Waals surface area contributed by atoms with Crippen LogP contribution in [-0.4, -0.2) is 74.3 Å². The number of carbonyl (C=O) groups excluding carboxylic acids is 2. The average Bonchev–Trinajstić information content (AvgIpc) is 3.36. The lowest BCUT2D eigenvalue weighted by Crippen LogP contribution is -2.47. The molecule has 0 aromatic rings. The molecule has 0 aliphatic heterocycles. The van der Waals surface area contributed by atoms with E-state index in [2.05, 4.69) is 105 Å². The Balaban J connectivity index is 5.30. The second-order valence-corrected chi connectivity index (χ2v) is 22.6. The van der Waals surface area contributed by atoms with Crippen LogP contribution in [0.4, 0.5) is 0 Å². The molecule has 0 aromatic heterocycles. The number of likely N-dealkylation sites (N-methyl/N-ethyl adjacent to an activating group) is 1. The number of hydrogen-bond donors (Lipinski definition) is 2. The van der Waals surface area contributed by atoms with Crippen LogP contribution in [0.15, 0.2) is 97.2 Å². The Morgan fingerprint density at radius 3 is 1.32 bits per heavy atom. The molecule has 74 heavy (non-hydrogen) atoms. The molecule has 10 heteroatoms. The molecule has 0 bridgehead atoms. The Kier molecular flexibility index (Phi) is 51.1. The highest BCUT2D eigenvalue weighted by molar-refractivity contribution is 7.47. The fourth-order valence-electron chi connectivity index (χ4n) is 8.14. The number of esters is 1. The Morgan fingerprint density at radius 1 is 0.486 bits per heavy atom. The minimum atomic E-state index is -4.46. The third kappa shape index (κ3) is 53.7. The second kappa shape index (κ2) is 53.3. The molecule has 0 aliphatic rings. The van der Waals surface area contributed by atoms with Gasteiger partial charge < -0.3 is 19.4 Å². The molecule has 0 saturated carbocycles. The van der Waals surface area contributed by atoms with Gasteiger partial charge in [0.1, 0.15) is 19.3 Å². The van der Waals surface area contributed by atoms with Gasteiger partial charge in [-0.3, -0.25) is 18.6 Å².